The third-order valence-electron chi connectivity index (χ3n) is 3.97. The van der Waals surface area contributed by atoms with Crippen LogP contribution in [0.1, 0.15) is 43.9 Å². The molecule has 1 saturated heterocycles. The molecule has 0 spiro atoms. The maximum Gasteiger partial charge on any atom is 0.0445 e. The zero-order valence-corrected chi connectivity index (χ0v) is 11.7. The highest BCUT2D eigenvalue weighted by atomic mass is 15.1. The van der Waals surface area contributed by atoms with Gasteiger partial charge >= 0.3 is 0 Å². The predicted molar refractivity (Wildman–Crippen MR) is 76.7 cm³/mol. The fourth-order valence-electron chi connectivity index (χ4n) is 2.90. The first-order valence-electron chi connectivity index (χ1n) is 7.15. The topological polar surface area (TPSA) is 42.2 Å². The van der Waals surface area contributed by atoms with Gasteiger partial charge in [0.25, 0.3) is 0 Å². The number of nitrogens with zero attached hydrogens (tertiary/aromatic N) is 2. The fraction of sp³-hybridized carbons (Fsp3) is 0.667. The van der Waals surface area contributed by atoms with Crippen LogP contribution in [0.5, 0.6) is 0 Å². The van der Waals surface area contributed by atoms with Crippen molar-refractivity contribution < 1.29 is 0 Å². The Morgan fingerprint density at radius 1 is 1.39 bits per heavy atom. The van der Waals surface area contributed by atoms with E-state index in [-0.39, 0.29) is 0 Å². The Kier molecular flexibility index (Phi) is 4.59. The Morgan fingerprint density at radius 3 is 2.72 bits per heavy atom. The molecule has 1 aromatic heterocycles. The zero-order valence-electron chi connectivity index (χ0n) is 11.7. The lowest BCUT2D eigenvalue weighted by Gasteiger charge is -2.34. The second-order valence-electron chi connectivity index (χ2n) is 5.38. The maximum atomic E-state index is 5.82. The Balaban J connectivity index is 2.06. The Bertz CT molecular complexity index is 381. The van der Waals surface area contributed by atoms with Crippen molar-refractivity contribution in [3.8, 4) is 0 Å². The van der Waals surface area contributed by atoms with Gasteiger partial charge in [-0.2, -0.15) is 0 Å². The molecular formula is C15H25N3. The average Bonchev–Trinajstić information content (AvgIpc) is 2.40. The van der Waals surface area contributed by atoms with E-state index in [0.29, 0.717) is 6.54 Å². The quantitative estimate of drug-likeness (QED) is 0.889. The van der Waals surface area contributed by atoms with Crippen LogP contribution in [-0.2, 0) is 6.54 Å². The van der Waals surface area contributed by atoms with E-state index in [4.69, 9.17) is 5.73 Å². The Hall–Kier alpha value is -1.09. The van der Waals surface area contributed by atoms with Crippen molar-refractivity contribution in [3.05, 3.63) is 23.5 Å². The molecule has 0 saturated carbocycles. The van der Waals surface area contributed by atoms with Gasteiger partial charge in [0.1, 0.15) is 0 Å². The smallest absolute Gasteiger partial charge is 0.0445 e. The summed E-state index contributed by atoms with van der Waals surface area (Å²) < 4.78 is 0. The summed E-state index contributed by atoms with van der Waals surface area (Å²) in [4.78, 5) is 6.83. The summed E-state index contributed by atoms with van der Waals surface area (Å²) in [6.45, 7) is 7.25. The summed E-state index contributed by atoms with van der Waals surface area (Å²) in [5.41, 5.74) is 9.38. The van der Waals surface area contributed by atoms with Gasteiger partial charge in [-0.15, -0.1) is 0 Å². The van der Waals surface area contributed by atoms with Gasteiger partial charge in [-0.25, -0.2) is 0 Å². The van der Waals surface area contributed by atoms with Crippen molar-refractivity contribution in [1.29, 1.82) is 0 Å². The van der Waals surface area contributed by atoms with E-state index >= 15 is 0 Å². The molecule has 18 heavy (non-hydrogen) atoms. The number of aromatic nitrogens is 1. The monoisotopic (exact) mass is 247 g/mol. The lowest BCUT2D eigenvalue weighted by atomic mass is 9.92. The molecule has 2 heterocycles. The number of aryl methyl sites for hydroxylation is 1. The second kappa shape index (κ2) is 6.19. The lowest BCUT2D eigenvalue weighted by molar-refractivity contribution is 0.378. The largest absolute Gasteiger partial charge is 0.371 e. The summed E-state index contributed by atoms with van der Waals surface area (Å²) in [6.07, 6.45) is 7.27. The van der Waals surface area contributed by atoms with Crippen LogP contribution < -0.4 is 10.6 Å². The minimum atomic E-state index is 0.581. The van der Waals surface area contributed by atoms with E-state index in [2.05, 4.69) is 22.9 Å². The van der Waals surface area contributed by atoms with Crippen LogP contribution in [0.4, 0.5) is 5.69 Å². The molecule has 0 aromatic carbocycles. The Labute approximate surface area is 110 Å². The van der Waals surface area contributed by atoms with Crippen molar-refractivity contribution in [3.63, 3.8) is 0 Å². The normalized spacial score (nSPS) is 17.2. The SMILES string of the molecule is CCCC1CCN(c2cc(C)ncc2CN)CC1. The van der Waals surface area contributed by atoms with Gasteiger partial charge < -0.3 is 10.6 Å². The van der Waals surface area contributed by atoms with Crippen molar-refractivity contribution in [2.45, 2.75) is 46.1 Å². The molecule has 100 valence electrons. The van der Waals surface area contributed by atoms with E-state index in [9.17, 15) is 0 Å². The van der Waals surface area contributed by atoms with Gasteiger partial charge in [-0.3, -0.25) is 4.98 Å². The second-order valence-corrected chi connectivity index (χ2v) is 5.38. The van der Waals surface area contributed by atoms with Gasteiger partial charge in [-0.05, 0) is 31.7 Å². The molecular weight excluding hydrogens is 222 g/mol. The number of hydrogen-bond donors (Lipinski definition) is 1. The van der Waals surface area contributed by atoms with E-state index in [1.54, 1.807) is 0 Å². The van der Waals surface area contributed by atoms with Crippen LogP contribution in [-0.4, -0.2) is 18.1 Å². The molecule has 1 aliphatic rings. The van der Waals surface area contributed by atoms with E-state index in [1.807, 2.05) is 13.1 Å². The molecule has 3 heteroatoms. The predicted octanol–water partition coefficient (Wildman–Crippen LogP) is 2.87. The average molecular weight is 247 g/mol. The van der Waals surface area contributed by atoms with Crippen LogP contribution in [0, 0.1) is 12.8 Å². The number of rotatable bonds is 4. The number of nitrogens with two attached hydrogens (primary N) is 1. The molecule has 2 N–H and O–H groups in total. The van der Waals surface area contributed by atoms with Crippen LogP contribution in [0.15, 0.2) is 12.3 Å². The molecule has 1 aromatic rings. The maximum absolute atomic E-state index is 5.82. The summed E-state index contributed by atoms with van der Waals surface area (Å²) in [6, 6.07) is 2.18. The van der Waals surface area contributed by atoms with Crippen LogP contribution >= 0.6 is 0 Å². The molecule has 0 radical (unpaired) electrons. The standard InChI is InChI=1S/C15H25N3/c1-3-4-13-5-7-18(8-6-13)15-9-12(2)17-11-14(15)10-16/h9,11,13H,3-8,10,16H2,1-2H3. The van der Waals surface area contributed by atoms with Crippen molar-refractivity contribution >= 4 is 5.69 Å². The van der Waals surface area contributed by atoms with Gasteiger partial charge in [0.2, 0.25) is 0 Å². The van der Waals surface area contributed by atoms with Crippen molar-refractivity contribution in [2.24, 2.45) is 11.7 Å². The molecule has 2 rings (SSSR count). The molecule has 0 atom stereocenters. The van der Waals surface area contributed by atoms with Gasteiger partial charge in [0, 0.05) is 42.8 Å². The van der Waals surface area contributed by atoms with Gasteiger partial charge in [-0.1, -0.05) is 19.8 Å². The fourth-order valence-corrected chi connectivity index (χ4v) is 2.90. The number of pyridine rings is 1. The van der Waals surface area contributed by atoms with Gasteiger partial charge in [0.05, 0.1) is 0 Å². The van der Waals surface area contributed by atoms with E-state index < -0.39 is 0 Å². The van der Waals surface area contributed by atoms with Crippen LogP contribution in [0.25, 0.3) is 0 Å². The summed E-state index contributed by atoms with van der Waals surface area (Å²) in [5, 5.41) is 0. The highest BCUT2D eigenvalue weighted by Gasteiger charge is 2.20. The van der Waals surface area contributed by atoms with E-state index in [0.717, 1.165) is 11.6 Å². The zero-order chi connectivity index (χ0) is 13.0. The minimum absolute atomic E-state index is 0.581. The number of piperidine rings is 1. The first kappa shape index (κ1) is 13.3. The number of hydrogen-bond acceptors (Lipinski definition) is 3. The summed E-state index contributed by atoms with van der Waals surface area (Å²) in [5.74, 6) is 0.926. The highest BCUT2D eigenvalue weighted by molar-refractivity contribution is 5.53. The summed E-state index contributed by atoms with van der Waals surface area (Å²) in [7, 11) is 0. The van der Waals surface area contributed by atoms with Crippen LogP contribution in [0.3, 0.4) is 0 Å². The molecule has 0 unspecified atom stereocenters. The third-order valence-corrected chi connectivity index (χ3v) is 3.97. The van der Waals surface area contributed by atoms with Crippen LogP contribution in [0.2, 0.25) is 0 Å². The summed E-state index contributed by atoms with van der Waals surface area (Å²) >= 11 is 0. The molecule has 1 fully saturated rings. The Morgan fingerprint density at radius 2 is 2.11 bits per heavy atom. The van der Waals surface area contributed by atoms with Crippen molar-refractivity contribution in [1.82, 2.24) is 4.98 Å². The van der Waals surface area contributed by atoms with E-state index in [1.165, 1.54) is 50.0 Å². The molecule has 0 amide bonds. The lowest BCUT2D eigenvalue weighted by Crippen LogP contribution is -2.34. The van der Waals surface area contributed by atoms with Gasteiger partial charge in [0.15, 0.2) is 0 Å². The molecule has 3 nitrogen and oxygen atoms in total. The van der Waals surface area contributed by atoms with Crippen molar-refractivity contribution in [2.75, 3.05) is 18.0 Å². The first-order valence-corrected chi connectivity index (χ1v) is 7.15. The molecule has 1 aliphatic heterocycles. The third kappa shape index (κ3) is 3.02. The molecule has 0 aliphatic carbocycles. The first-order chi connectivity index (χ1) is 8.74. The number of anilines is 1. The highest BCUT2D eigenvalue weighted by Crippen LogP contribution is 2.28. The molecule has 0 bridgehead atoms. The minimum Gasteiger partial charge on any atom is -0.371 e.